The van der Waals surface area contributed by atoms with E-state index in [2.05, 4.69) is 98.0 Å². The quantitative estimate of drug-likeness (QED) is 0.0520. The Balaban J connectivity index is 1.65. The lowest BCUT2D eigenvalue weighted by molar-refractivity contribution is -0.151. The Labute approximate surface area is 363 Å². The number of hydrogen-bond acceptors (Lipinski definition) is 8. The molecule has 330 valence electrons. The van der Waals surface area contributed by atoms with Crippen LogP contribution in [0.3, 0.4) is 0 Å². The summed E-state index contributed by atoms with van der Waals surface area (Å²) in [6.45, 7) is 28.5. The van der Waals surface area contributed by atoms with Crippen molar-refractivity contribution in [2.45, 2.75) is 143 Å². The predicted octanol–water partition coefficient (Wildman–Crippen LogP) is 10.6. The van der Waals surface area contributed by atoms with Crippen LogP contribution >= 0.6 is 0 Å². The second-order valence-corrected chi connectivity index (χ2v) is 28.0. The van der Waals surface area contributed by atoms with Gasteiger partial charge in [-0.15, -0.1) is 0 Å². The van der Waals surface area contributed by atoms with Crippen molar-refractivity contribution >= 4 is 39.1 Å². The van der Waals surface area contributed by atoms with Gasteiger partial charge in [-0.05, 0) is 103 Å². The molecule has 0 radical (unpaired) electrons. The van der Waals surface area contributed by atoms with Crippen molar-refractivity contribution in [3.05, 3.63) is 108 Å². The van der Waals surface area contributed by atoms with Crippen LogP contribution in [0, 0.1) is 18.8 Å². The topological polar surface area (TPSA) is 92.7 Å². The van der Waals surface area contributed by atoms with E-state index in [1.807, 2.05) is 88.4 Å². The maximum atomic E-state index is 13.4. The number of rotatable bonds is 20. The Morgan fingerprint density at radius 2 is 1.53 bits per heavy atom. The van der Waals surface area contributed by atoms with Crippen LogP contribution in [0.25, 0.3) is 6.08 Å². The van der Waals surface area contributed by atoms with Crippen LogP contribution in [-0.4, -0.2) is 72.0 Å². The van der Waals surface area contributed by atoms with Crippen molar-refractivity contribution in [3.63, 3.8) is 0 Å². The Morgan fingerprint density at radius 1 is 0.933 bits per heavy atom. The molecule has 60 heavy (non-hydrogen) atoms. The third-order valence-corrected chi connectivity index (χ3v) is 21.4. The molecule has 1 saturated heterocycles. The fraction of sp³-hybridized carbons (Fsp3) is 0.540. The molecule has 1 aliphatic heterocycles. The lowest BCUT2D eigenvalue weighted by Crippen LogP contribution is -2.65. The van der Waals surface area contributed by atoms with Crippen LogP contribution in [0.4, 0.5) is 0 Å². The third-order valence-electron chi connectivity index (χ3n) is 12.4. The fourth-order valence-electron chi connectivity index (χ4n) is 7.94. The van der Waals surface area contributed by atoms with Crippen LogP contribution < -0.4 is 15.1 Å². The van der Waals surface area contributed by atoms with Gasteiger partial charge in [0.05, 0.1) is 18.8 Å². The first-order chi connectivity index (χ1) is 28.1. The van der Waals surface area contributed by atoms with E-state index in [0.29, 0.717) is 36.3 Å². The molecule has 1 fully saturated rings. The second-order valence-electron chi connectivity index (χ2n) is 19.3. The standard InChI is InChI=1S/C50H74O8Si2/c1-15-31-54-47(51)45-39(32-36(2)33-44(45)55-35-53-12)23-22-28-42-46(57-50(10,11)56-42)43(58-59(13,14)48(5,6)7)30-29-37(3)38(4)34-49(8,9)60(52,40-24-18-16-19-25-40)41-26-20-17-21-27-41/h16-27,29-30,32-33,37-38,42-43,46,52H,15,28,31,34-35H2,1-14H3/b23-22+,30-29-/t37-,38-,42+,43?,46+/m1/s1. The van der Waals surface area contributed by atoms with Gasteiger partial charge in [-0.2, -0.15) is 0 Å². The van der Waals surface area contributed by atoms with E-state index in [9.17, 15) is 9.59 Å². The summed E-state index contributed by atoms with van der Waals surface area (Å²) in [6.07, 6.45) is 9.44. The maximum Gasteiger partial charge on any atom is 0.342 e. The molecule has 0 aromatic heterocycles. The normalized spacial score (nSPS) is 19.1. The van der Waals surface area contributed by atoms with Gasteiger partial charge in [-0.1, -0.05) is 146 Å². The molecule has 3 aromatic carbocycles. The van der Waals surface area contributed by atoms with Gasteiger partial charge in [0.15, 0.2) is 20.9 Å². The van der Waals surface area contributed by atoms with E-state index in [-0.39, 0.29) is 40.9 Å². The highest BCUT2D eigenvalue weighted by Gasteiger charge is 2.51. The van der Waals surface area contributed by atoms with Gasteiger partial charge in [0.1, 0.15) is 17.4 Å². The van der Waals surface area contributed by atoms with Gasteiger partial charge >= 0.3 is 5.97 Å². The first-order valence-corrected chi connectivity index (χ1v) is 26.6. The zero-order valence-electron chi connectivity index (χ0n) is 39.0. The van der Waals surface area contributed by atoms with E-state index in [1.165, 1.54) is 0 Å². The van der Waals surface area contributed by atoms with Crippen molar-refractivity contribution in [2.75, 3.05) is 20.5 Å². The molecule has 1 heterocycles. The van der Waals surface area contributed by atoms with Crippen LogP contribution in [0.1, 0.15) is 110 Å². The van der Waals surface area contributed by atoms with Crippen LogP contribution in [0.15, 0.2) is 91.0 Å². The summed E-state index contributed by atoms with van der Waals surface area (Å²) in [5.41, 5.74) is 2.01. The van der Waals surface area contributed by atoms with Gasteiger partial charge in [0, 0.05) is 7.11 Å². The third kappa shape index (κ3) is 12.2. The van der Waals surface area contributed by atoms with E-state index in [0.717, 1.165) is 22.4 Å². The molecule has 3 aromatic rings. The molecule has 4 rings (SSSR count). The van der Waals surface area contributed by atoms with Gasteiger partial charge in [0.25, 0.3) is 8.32 Å². The van der Waals surface area contributed by atoms with Crippen molar-refractivity contribution in [1.82, 2.24) is 0 Å². The fourth-order valence-corrected chi connectivity index (χ4v) is 13.0. The lowest BCUT2D eigenvalue weighted by atomic mass is 9.87. The molecule has 0 spiro atoms. The second kappa shape index (κ2) is 20.7. The first kappa shape index (κ1) is 49.3. The van der Waals surface area contributed by atoms with Crippen LogP contribution in [-0.2, 0) is 23.4 Å². The average molecular weight is 859 g/mol. The van der Waals surface area contributed by atoms with Crippen LogP contribution in [0.2, 0.25) is 23.2 Å². The van der Waals surface area contributed by atoms with Crippen molar-refractivity contribution < 1.29 is 37.7 Å². The Kier molecular flexibility index (Phi) is 17.0. The molecular formula is C50H74O8Si2. The Bertz CT molecular complexity index is 1840. The molecule has 1 aliphatic rings. The molecule has 1 unspecified atom stereocenters. The molecule has 1 N–H and O–H groups in total. The van der Waals surface area contributed by atoms with E-state index < -0.39 is 34.5 Å². The zero-order valence-corrected chi connectivity index (χ0v) is 41.0. The summed E-state index contributed by atoms with van der Waals surface area (Å²) in [7, 11) is -3.92. The SMILES string of the molecule is CCCOC(=O)c1c(/C=C/C[C@@H]2OC(C)(C)O[C@@H]2C(/C=C\[C@@H](C)[C@H](C)CC(C)(C)[Si](O)(c2ccccc2)c2ccccc2)O[Si](C)(C)C(C)(C)C)cc(C)cc1OCOC. The maximum absolute atomic E-state index is 13.4. The van der Waals surface area contributed by atoms with Gasteiger partial charge < -0.3 is 32.9 Å². The van der Waals surface area contributed by atoms with Gasteiger partial charge in [0.2, 0.25) is 0 Å². The number of allylic oxidation sites excluding steroid dienone is 1. The van der Waals surface area contributed by atoms with E-state index >= 15 is 0 Å². The Hall–Kier alpha value is -3.36. The summed E-state index contributed by atoms with van der Waals surface area (Å²) in [4.78, 5) is 26.2. The summed E-state index contributed by atoms with van der Waals surface area (Å²) >= 11 is 0. The summed E-state index contributed by atoms with van der Waals surface area (Å²) in [5.74, 6) is -0.427. The van der Waals surface area contributed by atoms with Crippen LogP contribution in [0.5, 0.6) is 5.75 Å². The number of ether oxygens (including phenoxy) is 5. The van der Waals surface area contributed by atoms with Gasteiger partial charge in [-0.25, -0.2) is 4.79 Å². The molecule has 0 aliphatic carbocycles. The number of aryl methyl sites for hydroxylation is 1. The molecular weight excluding hydrogens is 785 g/mol. The lowest BCUT2D eigenvalue weighted by Gasteiger charge is -2.43. The summed E-state index contributed by atoms with van der Waals surface area (Å²) < 4.78 is 37.2. The first-order valence-electron chi connectivity index (χ1n) is 21.7. The molecule has 8 nitrogen and oxygen atoms in total. The van der Waals surface area contributed by atoms with Gasteiger partial charge in [-0.3, -0.25) is 0 Å². The van der Waals surface area contributed by atoms with Crippen molar-refractivity contribution in [2.24, 2.45) is 11.8 Å². The minimum Gasteiger partial charge on any atom is -0.467 e. The minimum absolute atomic E-state index is 0.00822. The Morgan fingerprint density at radius 3 is 2.08 bits per heavy atom. The number of carbonyl (C=O) groups is 1. The molecule has 5 atom stereocenters. The summed E-state index contributed by atoms with van der Waals surface area (Å²) in [5, 5.41) is 1.64. The smallest absolute Gasteiger partial charge is 0.342 e. The average Bonchev–Trinajstić information content (AvgIpc) is 3.50. The molecule has 0 amide bonds. The van der Waals surface area contributed by atoms with E-state index in [1.54, 1.807) is 7.11 Å². The number of esters is 1. The number of benzene rings is 3. The number of carbonyl (C=O) groups excluding carboxylic acids is 1. The zero-order chi connectivity index (χ0) is 44.5. The predicted molar refractivity (Wildman–Crippen MR) is 250 cm³/mol. The molecule has 10 heteroatoms. The highest BCUT2D eigenvalue weighted by atomic mass is 28.4. The highest BCUT2D eigenvalue weighted by Crippen LogP contribution is 2.44. The number of methoxy groups -OCH3 is 1. The van der Waals surface area contributed by atoms with Crippen molar-refractivity contribution in [3.8, 4) is 5.75 Å². The van der Waals surface area contributed by atoms with E-state index in [4.69, 9.17) is 28.1 Å². The molecule has 0 bridgehead atoms. The van der Waals surface area contributed by atoms with Crippen molar-refractivity contribution in [1.29, 1.82) is 0 Å². The minimum atomic E-state index is -3.17. The summed E-state index contributed by atoms with van der Waals surface area (Å²) in [6, 6.07) is 24.3. The highest BCUT2D eigenvalue weighted by molar-refractivity contribution is 6.98. The number of hydrogen-bond donors (Lipinski definition) is 1. The molecule has 0 saturated carbocycles. The largest absolute Gasteiger partial charge is 0.467 e. The monoisotopic (exact) mass is 858 g/mol.